The minimum Gasteiger partial charge on any atom is -0.450 e. The Balaban J connectivity index is 1.58. The van der Waals surface area contributed by atoms with Crippen molar-refractivity contribution in [3.8, 4) is 11.5 Å². The summed E-state index contributed by atoms with van der Waals surface area (Å²) in [5, 5.41) is 22.3. The van der Waals surface area contributed by atoms with Crippen LogP contribution in [0.25, 0.3) is 6.08 Å². The SMILES string of the molecule is CC(C)(C)c1ccc(C2=N/C(=C\c3cccc(Oc4ccc([N+](=O)[O-])cc4[N+](=O)[O-])c3)C(=O)O2)cc1. The second-order valence-corrected chi connectivity index (χ2v) is 9.00. The van der Waals surface area contributed by atoms with Gasteiger partial charge in [-0.3, -0.25) is 20.2 Å². The minimum atomic E-state index is -0.757. The number of nitrogens with zero attached hydrogens (tertiary/aromatic N) is 3. The number of benzene rings is 3. The van der Waals surface area contributed by atoms with E-state index < -0.39 is 27.2 Å². The molecule has 0 aromatic heterocycles. The molecule has 3 aromatic carbocycles. The van der Waals surface area contributed by atoms with Crippen molar-refractivity contribution in [3.63, 3.8) is 0 Å². The topological polar surface area (TPSA) is 134 Å². The number of carbonyl (C=O) groups is 1. The lowest BCUT2D eigenvalue weighted by Crippen LogP contribution is -2.11. The minimum absolute atomic E-state index is 0.0141. The van der Waals surface area contributed by atoms with Gasteiger partial charge in [0.2, 0.25) is 11.6 Å². The maximum atomic E-state index is 12.4. The molecule has 0 saturated carbocycles. The molecular weight excluding hydrogens is 466 g/mol. The smallest absolute Gasteiger partial charge is 0.363 e. The van der Waals surface area contributed by atoms with Crippen molar-refractivity contribution in [2.24, 2.45) is 4.99 Å². The summed E-state index contributed by atoms with van der Waals surface area (Å²) in [5.41, 5.74) is 1.45. The Morgan fingerprint density at radius 2 is 1.67 bits per heavy atom. The molecular formula is C26H21N3O7. The van der Waals surface area contributed by atoms with Crippen molar-refractivity contribution in [3.05, 3.63) is 109 Å². The number of hydrogen-bond acceptors (Lipinski definition) is 8. The number of nitro benzene ring substituents is 2. The second-order valence-electron chi connectivity index (χ2n) is 9.00. The lowest BCUT2D eigenvalue weighted by Gasteiger charge is -2.18. The molecule has 0 radical (unpaired) electrons. The zero-order chi connectivity index (χ0) is 26.0. The average molecular weight is 487 g/mol. The number of ether oxygens (including phenoxy) is 2. The zero-order valence-corrected chi connectivity index (χ0v) is 19.6. The Morgan fingerprint density at radius 3 is 2.31 bits per heavy atom. The van der Waals surface area contributed by atoms with Crippen LogP contribution >= 0.6 is 0 Å². The highest BCUT2D eigenvalue weighted by Gasteiger charge is 2.25. The molecule has 0 bridgehead atoms. The first-order valence-corrected chi connectivity index (χ1v) is 10.9. The van der Waals surface area contributed by atoms with E-state index in [-0.39, 0.29) is 28.5 Å². The highest BCUT2D eigenvalue weighted by Crippen LogP contribution is 2.35. The van der Waals surface area contributed by atoms with Crippen molar-refractivity contribution in [2.45, 2.75) is 26.2 Å². The van der Waals surface area contributed by atoms with Crippen molar-refractivity contribution in [1.82, 2.24) is 0 Å². The molecule has 10 nitrogen and oxygen atoms in total. The first kappa shape index (κ1) is 24.3. The van der Waals surface area contributed by atoms with E-state index >= 15 is 0 Å². The van der Waals surface area contributed by atoms with Gasteiger partial charge in [-0.05, 0) is 52.9 Å². The van der Waals surface area contributed by atoms with Crippen LogP contribution < -0.4 is 4.74 Å². The monoisotopic (exact) mass is 487 g/mol. The van der Waals surface area contributed by atoms with E-state index in [1.54, 1.807) is 24.3 Å². The Bertz CT molecular complexity index is 1430. The van der Waals surface area contributed by atoms with Crippen LogP contribution in [0, 0.1) is 20.2 Å². The standard InChI is InChI=1S/C26H21N3O7/c1-26(2,3)18-9-7-17(8-10-18)24-27-21(25(30)36-24)14-16-5-4-6-20(13-16)35-23-12-11-19(28(31)32)15-22(23)29(33)34/h4-15H,1-3H3/b21-14-. The zero-order valence-electron chi connectivity index (χ0n) is 19.6. The molecule has 1 heterocycles. The van der Waals surface area contributed by atoms with Crippen molar-refractivity contribution >= 4 is 29.3 Å². The lowest BCUT2D eigenvalue weighted by atomic mass is 9.87. The first-order chi connectivity index (χ1) is 17.0. The average Bonchev–Trinajstić information content (AvgIpc) is 3.19. The summed E-state index contributed by atoms with van der Waals surface area (Å²) < 4.78 is 11.0. The Morgan fingerprint density at radius 1 is 0.944 bits per heavy atom. The molecule has 1 aliphatic heterocycles. The Hall–Kier alpha value is -4.86. The van der Waals surface area contributed by atoms with Crippen molar-refractivity contribution in [1.29, 1.82) is 0 Å². The lowest BCUT2D eigenvalue weighted by molar-refractivity contribution is -0.394. The number of rotatable bonds is 6. The molecule has 3 aromatic rings. The first-order valence-electron chi connectivity index (χ1n) is 10.9. The van der Waals surface area contributed by atoms with E-state index in [0.717, 1.165) is 23.8 Å². The predicted molar refractivity (Wildman–Crippen MR) is 132 cm³/mol. The summed E-state index contributed by atoms with van der Waals surface area (Å²) in [4.78, 5) is 37.5. The maximum Gasteiger partial charge on any atom is 0.363 e. The Kier molecular flexibility index (Phi) is 6.35. The van der Waals surface area contributed by atoms with E-state index in [1.165, 1.54) is 6.08 Å². The number of esters is 1. The molecule has 0 unspecified atom stereocenters. The number of cyclic esters (lactones) is 1. The van der Waals surface area contributed by atoms with Gasteiger partial charge in [0.05, 0.1) is 15.9 Å². The van der Waals surface area contributed by atoms with Gasteiger partial charge in [0.1, 0.15) is 5.75 Å². The highest BCUT2D eigenvalue weighted by atomic mass is 16.6. The van der Waals surface area contributed by atoms with E-state index in [0.29, 0.717) is 11.1 Å². The predicted octanol–water partition coefficient (Wildman–Crippen LogP) is 5.94. The van der Waals surface area contributed by atoms with Gasteiger partial charge >= 0.3 is 11.7 Å². The summed E-state index contributed by atoms with van der Waals surface area (Å²) in [6.45, 7) is 6.31. The van der Waals surface area contributed by atoms with Crippen LogP contribution in [0.1, 0.15) is 37.5 Å². The van der Waals surface area contributed by atoms with Crippen LogP contribution in [0.5, 0.6) is 11.5 Å². The number of aliphatic imine (C=N–C) groups is 1. The molecule has 10 heteroatoms. The van der Waals surface area contributed by atoms with Gasteiger partial charge < -0.3 is 9.47 Å². The van der Waals surface area contributed by atoms with E-state index in [4.69, 9.17) is 9.47 Å². The van der Waals surface area contributed by atoms with Crippen LogP contribution in [-0.2, 0) is 14.9 Å². The van der Waals surface area contributed by atoms with Gasteiger partial charge in [0.15, 0.2) is 5.70 Å². The van der Waals surface area contributed by atoms with Crippen molar-refractivity contribution in [2.75, 3.05) is 0 Å². The molecule has 0 spiro atoms. The molecule has 0 atom stereocenters. The molecule has 0 N–H and O–H groups in total. The van der Waals surface area contributed by atoms with Crippen molar-refractivity contribution < 1.29 is 24.1 Å². The van der Waals surface area contributed by atoms with E-state index in [9.17, 15) is 25.0 Å². The molecule has 182 valence electrons. The highest BCUT2D eigenvalue weighted by molar-refractivity contribution is 6.12. The van der Waals surface area contributed by atoms with Gasteiger partial charge in [-0.25, -0.2) is 9.79 Å². The van der Waals surface area contributed by atoms with Crippen LogP contribution in [0.2, 0.25) is 0 Å². The summed E-state index contributed by atoms with van der Waals surface area (Å²) in [7, 11) is 0. The third-order valence-corrected chi connectivity index (χ3v) is 5.36. The quantitative estimate of drug-likeness (QED) is 0.182. The number of hydrogen-bond donors (Lipinski definition) is 0. The van der Waals surface area contributed by atoms with Crippen LogP contribution in [0.3, 0.4) is 0 Å². The molecule has 0 fully saturated rings. The van der Waals surface area contributed by atoms with Gasteiger partial charge in [0, 0.05) is 11.6 Å². The molecule has 0 aliphatic carbocycles. The summed E-state index contributed by atoms with van der Waals surface area (Å²) in [5.74, 6) is -0.341. The third-order valence-electron chi connectivity index (χ3n) is 5.36. The van der Waals surface area contributed by atoms with Gasteiger partial charge in [-0.15, -0.1) is 0 Å². The fraction of sp³-hybridized carbons (Fsp3) is 0.154. The van der Waals surface area contributed by atoms with E-state index in [2.05, 4.69) is 25.8 Å². The molecule has 0 saturated heterocycles. The van der Waals surface area contributed by atoms with Crippen LogP contribution in [-0.4, -0.2) is 21.7 Å². The number of non-ortho nitro benzene ring substituents is 1. The van der Waals surface area contributed by atoms with Crippen LogP contribution in [0.15, 0.2) is 77.4 Å². The van der Waals surface area contributed by atoms with Gasteiger partial charge in [-0.1, -0.05) is 45.0 Å². The molecule has 36 heavy (non-hydrogen) atoms. The fourth-order valence-corrected chi connectivity index (χ4v) is 3.45. The normalized spacial score (nSPS) is 14.4. The largest absolute Gasteiger partial charge is 0.450 e. The Labute approximate surface area is 205 Å². The number of carbonyl (C=O) groups excluding carboxylic acids is 1. The third kappa shape index (κ3) is 5.27. The van der Waals surface area contributed by atoms with Gasteiger partial charge in [0.25, 0.3) is 5.69 Å². The van der Waals surface area contributed by atoms with E-state index in [1.807, 2.05) is 24.3 Å². The summed E-state index contributed by atoms with van der Waals surface area (Å²) >= 11 is 0. The molecule has 4 rings (SSSR count). The fourth-order valence-electron chi connectivity index (χ4n) is 3.45. The number of nitro groups is 2. The maximum absolute atomic E-state index is 12.4. The van der Waals surface area contributed by atoms with Gasteiger partial charge in [-0.2, -0.15) is 0 Å². The molecule has 1 aliphatic rings. The molecule has 0 amide bonds. The summed E-state index contributed by atoms with van der Waals surface area (Å²) in [6.07, 6.45) is 1.51. The van der Waals surface area contributed by atoms with Crippen LogP contribution in [0.4, 0.5) is 11.4 Å². The second kappa shape index (κ2) is 9.41. The summed E-state index contributed by atoms with van der Waals surface area (Å²) in [6, 6.07) is 17.2.